The van der Waals surface area contributed by atoms with Crippen LogP contribution in [0.1, 0.15) is 49.7 Å². The van der Waals surface area contributed by atoms with Gasteiger partial charge in [-0.25, -0.2) is 9.67 Å². The number of carbonyl (C=O) groups is 1. The van der Waals surface area contributed by atoms with E-state index < -0.39 is 0 Å². The zero-order valence-corrected chi connectivity index (χ0v) is 19.8. The third-order valence-corrected chi connectivity index (χ3v) is 8.18. The maximum absolute atomic E-state index is 13.6. The lowest BCUT2D eigenvalue weighted by Gasteiger charge is -2.60. The minimum Gasteiger partial charge on any atom is -0.323 e. The third kappa shape index (κ3) is 3.39. The van der Waals surface area contributed by atoms with Crippen molar-refractivity contribution in [1.82, 2.24) is 24.5 Å². The average molecular weight is 495 g/mol. The number of anilines is 1. The molecule has 1 amide bonds. The predicted molar refractivity (Wildman–Crippen MR) is 124 cm³/mol. The van der Waals surface area contributed by atoms with E-state index in [1.807, 2.05) is 21.9 Å². The molecule has 4 bridgehead atoms. The molecular formula is C24H27BrN6O. The molecule has 4 fully saturated rings. The Morgan fingerprint density at radius 1 is 1.19 bits per heavy atom. The zero-order valence-electron chi connectivity index (χ0n) is 18.2. The van der Waals surface area contributed by atoms with E-state index in [2.05, 4.69) is 67.6 Å². The Balaban J connectivity index is 1.21. The molecule has 2 atom stereocenters. The van der Waals surface area contributed by atoms with Crippen molar-refractivity contribution in [3.63, 3.8) is 0 Å². The highest BCUT2D eigenvalue weighted by Gasteiger charge is 2.61. The molecule has 3 aromatic rings. The molecule has 2 aromatic heterocycles. The summed E-state index contributed by atoms with van der Waals surface area (Å²) in [6, 6.07) is 8.45. The Hall–Kier alpha value is -2.48. The van der Waals surface area contributed by atoms with Gasteiger partial charge in [0, 0.05) is 6.20 Å². The number of nitrogens with one attached hydrogen (secondary N) is 1. The third-order valence-electron chi connectivity index (χ3n) is 7.82. The van der Waals surface area contributed by atoms with Crippen LogP contribution in [0.5, 0.6) is 0 Å². The van der Waals surface area contributed by atoms with Gasteiger partial charge in [0.25, 0.3) is 0 Å². The van der Waals surface area contributed by atoms with Crippen LogP contribution in [0, 0.1) is 24.2 Å². The van der Waals surface area contributed by atoms with Crippen LogP contribution in [-0.2, 0) is 16.9 Å². The molecule has 4 aliphatic carbocycles. The first-order valence-corrected chi connectivity index (χ1v) is 12.2. The Morgan fingerprint density at radius 3 is 2.62 bits per heavy atom. The van der Waals surface area contributed by atoms with Crippen molar-refractivity contribution >= 4 is 27.5 Å². The van der Waals surface area contributed by atoms with Gasteiger partial charge in [0.15, 0.2) is 0 Å². The van der Waals surface area contributed by atoms with Gasteiger partial charge in [0.1, 0.15) is 6.33 Å². The Kier molecular flexibility index (Phi) is 4.58. The van der Waals surface area contributed by atoms with E-state index in [4.69, 9.17) is 0 Å². The normalized spacial score (nSPS) is 30.6. The summed E-state index contributed by atoms with van der Waals surface area (Å²) >= 11 is 3.40. The van der Waals surface area contributed by atoms with E-state index in [9.17, 15) is 4.79 Å². The van der Waals surface area contributed by atoms with Gasteiger partial charge in [0.05, 0.1) is 29.4 Å². The summed E-state index contributed by atoms with van der Waals surface area (Å²) < 4.78 is 4.54. The molecule has 4 aliphatic rings. The first kappa shape index (κ1) is 20.1. The number of aryl methyl sites for hydroxylation is 1. The first-order valence-electron chi connectivity index (χ1n) is 11.4. The van der Waals surface area contributed by atoms with Crippen molar-refractivity contribution in [3.05, 3.63) is 58.8 Å². The van der Waals surface area contributed by atoms with Gasteiger partial charge in [-0.1, -0.05) is 29.8 Å². The van der Waals surface area contributed by atoms with Crippen molar-refractivity contribution in [3.8, 4) is 0 Å². The zero-order chi connectivity index (χ0) is 21.9. The fraction of sp³-hybridized carbons (Fsp3) is 0.500. The highest BCUT2D eigenvalue weighted by atomic mass is 79.9. The minimum atomic E-state index is -0.332. The van der Waals surface area contributed by atoms with Crippen LogP contribution in [0.4, 0.5) is 5.69 Å². The number of amides is 1. The van der Waals surface area contributed by atoms with Crippen LogP contribution in [0.3, 0.4) is 0 Å². The lowest BCUT2D eigenvalue weighted by atomic mass is 9.46. The summed E-state index contributed by atoms with van der Waals surface area (Å²) in [6.07, 6.45) is 11.8. The fourth-order valence-corrected chi connectivity index (χ4v) is 7.14. The molecule has 2 unspecified atom stereocenters. The molecule has 8 heteroatoms. The SMILES string of the molecule is Cc1ccc(Cn2cc(NC(=O)C34CC5CC(C3)CC(n3cnc(Br)n3)(C5)C4)cn2)cc1. The average Bonchev–Trinajstić information content (AvgIpc) is 3.38. The van der Waals surface area contributed by atoms with Crippen LogP contribution in [0.25, 0.3) is 0 Å². The lowest BCUT2D eigenvalue weighted by Crippen LogP contribution is -2.60. The maximum Gasteiger partial charge on any atom is 0.230 e. The Morgan fingerprint density at radius 2 is 1.94 bits per heavy atom. The van der Waals surface area contributed by atoms with Gasteiger partial charge in [-0.2, -0.15) is 5.10 Å². The molecule has 0 saturated heterocycles. The number of rotatable bonds is 5. The van der Waals surface area contributed by atoms with Gasteiger partial charge in [-0.05, 0) is 78.8 Å². The van der Waals surface area contributed by atoms with Crippen LogP contribution in [0.15, 0.2) is 47.7 Å². The summed E-state index contributed by atoms with van der Waals surface area (Å²) in [7, 11) is 0. The monoisotopic (exact) mass is 494 g/mol. The Labute approximate surface area is 195 Å². The molecule has 4 saturated carbocycles. The molecule has 1 N–H and O–H groups in total. The number of hydrogen-bond acceptors (Lipinski definition) is 4. The van der Waals surface area contributed by atoms with Gasteiger partial charge in [-0.3, -0.25) is 9.48 Å². The van der Waals surface area contributed by atoms with Crippen molar-refractivity contribution in [2.45, 2.75) is 57.5 Å². The molecule has 2 heterocycles. The molecule has 0 radical (unpaired) electrons. The number of nitrogens with zero attached hydrogens (tertiary/aromatic N) is 5. The first-order chi connectivity index (χ1) is 15.4. The van der Waals surface area contributed by atoms with Crippen molar-refractivity contribution in [2.75, 3.05) is 5.32 Å². The fourth-order valence-electron chi connectivity index (χ4n) is 6.88. The molecule has 1 aromatic carbocycles. The van der Waals surface area contributed by atoms with Gasteiger partial charge in [-0.15, -0.1) is 5.10 Å². The van der Waals surface area contributed by atoms with Crippen molar-refractivity contribution in [2.24, 2.45) is 17.3 Å². The van der Waals surface area contributed by atoms with E-state index in [0.717, 1.165) is 37.8 Å². The summed E-state index contributed by atoms with van der Waals surface area (Å²) in [4.78, 5) is 18.0. The second kappa shape index (κ2) is 7.27. The number of hydrogen-bond donors (Lipinski definition) is 1. The summed E-state index contributed by atoms with van der Waals surface area (Å²) in [5.41, 5.74) is 2.79. The molecule has 32 heavy (non-hydrogen) atoms. The molecule has 166 valence electrons. The Bertz CT molecular complexity index is 1150. The molecule has 7 nitrogen and oxygen atoms in total. The molecular weight excluding hydrogens is 468 g/mol. The highest BCUT2D eigenvalue weighted by Crippen LogP contribution is 2.64. The van der Waals surface area contributed by atoms with E-state index in [-0.39, 0.29) is 16.9 Å². The van der Waals surface area contributed by atoms with Crippen LogP contribution < -0.4 is 5.32 Å². The van der Waals surface area contributed by atoms with Crippen LogP contribution in [-0.4, -0.2) is 30.5 Å². The smallest absolute Gasteiger partial charge is 0.230 e. The molecule has 0 spiro atoms. The van der Waals surface area contributed by atoms with Crippen molar-refractivity contribution in [1.29, 1.82) is 0 Å². The standard InChI is InChI=1S/C24H27BrN6O/c1-16-2-4-17(5-3-16)12-30-13-20(11-27-30)28-21(32)23-7-18-6-19(8-23)10-24(9-18,14-23)31-15-26-22(25)29-31/h2-5,11,13,15,18-19H,6-10,12,14H2,1H3,(H,28,32). The number of aromatic nitrogens is 5. The summed E-state index contributed by atoms with van der Waals surface area (Å²) in [6.45, 7) is 2.78. The van der Waals surface area contributed by atoms with E-state index in [1.165, 1.54) is 17.5 Å². The lowest BCUT2D eigenvalue weighted by molar-refractivity contribution is -0.150. The quantitative estimate of drug-likeness (QED) is 0.565. The second-order valence-corrected chi connectivity index (χ2v) is 11.0. The van der Waals surface area contributed by atoms with Crippen LogP contribution >= 0.6 is 15.9 Å². The second-order valence-electron chi connectivity index (χ2n) is 10.3. The summed E-state index contributed by atoms with van der Waals surface area (Å²) in [5.74, 6) is 1.30. The summed E-state index contributed by atoms with van der Waals surface area (Å²) in [5, 5.41) is 12.3. The number of benzene rings is 1. The largest absolute Gasteiger partial charge is 0.323 e. The highest BCUT2D eigenvalue weighted by molar-refractivity contribution is 9.10. The van der Waals surface area contributed by atoms with Crippen LogP contribution in [0.2, 0.25) is 0 Å². The van der Waals surface area contributed by atoms with E-state index in [0.29, 0.717) is 23.1 Å². The van der Waals surface area contributed by atoms with Gasteiger partial charge >= 0.3 is 0 Å². The predicted octanol–water partition coefficient (Wildman–Crippen LogP) is 4.53. The van der Waals surface area contributed by atoms with E-state index in [1.54, 1.807) is 6.20 Å². The number of halogens is 1. The van der Waals surface area contributed by atoms with Crippen molar-refractivity contribution < 1.29 is 4.79 Å². The topological polar surface area (TPSA) is 77.6 Å². The number of carbonyl (C=O) groups excluding carboxylic acids is 1. The van der Waals surface area contributed by atoms with Gasteiger partial charge in [0.2, 0.25) is 10.6 Å². The molecule has 0 aliphatic heterocycles. The van der Waals surface area contributed by atoms with E-state index >= 15 is 0 Å². The minimum absolute atomic E-state index is 0.0872. The molecule has 7 rings (SSSR count). The maximum atomic E-state index is 13.6. The van der Waals surface area contributed by atoms with Gasteiger partial charge < -0.3 is 5.32 Å².